The van der Waals surface area contributed by atoms with E-state index in [4.69, 9.17) is 18.9 Å². The van der Waals surface area contributed by atoms with Crippen molar-refractivity contribution in [3.8, 4) is 23.0 Å². The van der Waals surface area contributed by atoms with Gasteiger partial charge in [-0.05, 0) is 123 Å². The fourth-order valence-corrected chi connectivity index (χ4v) is 8.99. The third kappa shape index (κ3) is 9.97. The lowest BCUT2D eigenvalue weighted by molar-refractivity contribution is 0.0895. The molecule has 1 unspecified atom stereocenters. The van der Waals surface area contributed by atoms with E-state index in [-0.39, 0.29) is 26.3 Å². The van der Waals surface area contributed by atoms with Gasteiger partial charge in [-0.1, -0.05) is 74.2 Å². The van der Waals surface area contributed by atoms with Crippen molar-refractivity contribution in [2.24, 2.45) is 17.8 Å². The molecule has 2 aliphatic carbocycles. The van der Waals surface area contributed by atoms with Crippen LogP contribution >= 0.6 is 0 Å². The van der Waals surface area contributed by atoms with Crippen LogP contribution in [0.5, 0.6) is 23.0 Å². The Balaban J connectivity index is 0.000000214. The largest absolute Gasteiger partial charge is 0.493 e. The van der Waals surface area contributed by atoms with E-state index in [1.165, 1.54) is 24.0 Å². The smallest absolute Gasteiger partial charge is 0.189 e. The molecule has 8 nitrogen and oxygen atoms in total. The van der Waals surface area contributed by atoms with Crippen molar-refractivity contribution >= 4 is 11.6 Å². The van der Waals surface area contributed by atoms with Gasteiger partial charge in [0, 0.05) is 43.6 Å². The minimum Gasteiger partial charge on any atom is -0.493 e. The SMILES string of the molecule is C.COc1cc2c(cc1OC)C(=O)/C(=C/C1CCN(Cc3ccccc3)CC1)C2.COc1cc2c(cc1OC)C(=O)C(CC1CCN(Cc3ccccc3)CC1)C2.[2HH]. The van der Waals surface area contributed by atoms with E-state index in [2.05, 4.69) is 76.5 Å². The molecule has 0 N–H and O–H groups in total. The molecule has 0 radical (unpaired) electrons. The lowest BCUT2D eigenvalue weighted by atomic mass is 9.85. The number of allylic oxidation sites excluding steroid dienone is 2. The zero-order valence-corrected chi connectivity index (χ0v) is 33.4. The lowest BCUT2D eigenvalue weighted by Gasteiger charge is -2.32. The van der Waals surface area contributed by atoms with E-state index in [9.17, 15) is 9.59 Å². The van der Waals surface area contributed by atoms with Crippen molar-refractivity contribution in [2.75, 3.05) is 54.6 Å². The third-order valence-electron chi connectivity index (χ3n) is 12.1. The highest BCUT2D eigenvalue weighted by molar-refractivity contribution is 6.13. The van der Waals surface area contributed by atoms with Gasteiger partial charge < -0.3 is 18.9 Å². The monoisotopic (exact) mass is 775 g/mol. The Morgan fingerprint density at radius 1 is 0.632 bits per heavy atom. The number of nitrogens with zero attached hydrogens (tertiary/aromatic N) is 2. The fourth-order valence-electron chi connectivity index (χ4n) is 8.99. The molecule has 304 valence electrons. The van der Waals surface area contributed by atoms with Gasteiger partial charge in [0.25, 0.3) is 0 Å². The van der Waals surface area contributed by atoms with Gasteiger partial charge in [0.15, 0.2) is 34.6 Å². The zero-order valence-electron chi connectivity index (χ0n) is 33.4. The highest BCUT2D eigenvalue weighted by Gasteiger charge is 2.35. The number of hydrogen-bond donors (Lipinski definition) is 0. The second kappa shape index (κ2) is 19.5. The maximum absolute atomic E-state index is 12.9. The molecule has 0 saturated carbocycles. The van der Waals surface area contributed by atoms with Gasteiger partial charge in [-0.25, -0.2) is 0 Å². The Labute approximate surface area is 341 Å². The van der Waals surface area contributed by atoms with Crippen LogP contribution in [0.3, 0.4) is 0 Å². The van der Waals surface area contributed by atoms with Crippen LogP contribution in [0.2, 0.25) is 0 Å². The molecular formula is C49H62N2O6. The standard InChI is InChI=1S/C24H29NO3.C24H27NO3.CH4.H2/c2*1-27-22-14-19-13-20(24(26)21(19)15-23(22)28-2)12-17-8-10-25(11-9-17)16-18-6-4-3-5-7-18;;/h3-7,14-15,17,20H,8-13,16H2,1-2H3;3-7,12,14-15,17H,8-11,13,16H2,1-2H3;1H4;1H/b;20-12+;;/i;;;1+1. The summed E-state index contributed by atoms with van der Waals surface area (Å²) in [6.45, 7) is 6.43. The van der Waals surface area contributed by atoms with Gasteiger partial charge >= 0.3 is 0 Å². The third-order valence-corrected chi connectivity index (χ3v) is 12.1. The molecule has 8 rings (SSSR count). The summed E-state index contributed by atoms with van der Waals surface area (Å²) in [7, 11) is 6.48. The molecule has 4 aromatic carbocycles. The van der Waals surface area contributed by atoms with E-state index in [1.807, 2.05) is 24.3 Å². The number of piperidine rings is 2. The van der Waals surface area contributed by atoms with E-state index >= 15 is 0 Å². The predicted octanol–water partition coefficient (Wildman–Crippen LogP) is 9.52. The van der Waals surface area contributed by atoms with Crippen molar-refractivity contribution in [1.29, 1.82) is 0 Å². The van der Waals surface area contributed by atoms with E-state index < -0.39 is 0 Å². The maximum atomic E-state index is 12.9. The Kier molecular flexibility index (Phi) is 14.3. The maximum Gasteiger partial charge on any atom is 0.189 e. The first-order chi connectivity index (χ1) is 27.3. The number of carbonyl (C=O) groups is 2. The summed E-state index contributed by atoms with van der Waals surface area (Å²) in [6, 6.07) is 28.9. The van der Waals surface area contributed by atoms with Gasteiger partial charge in [-0.15, -0.1) is 0 Å². The molecule has 8 heteroatoms. The molecule has 2 heterocycles. The van der Waals surface area contributed by atoms with Crippen LogP contribution in [0.25, 0.3) is 0 Å². The second-order valence-corrected chi connectivity index (χ2v) is 15.7. The lowest BCUT2D eigenvalue weighted by Crippen LogP contribution is -2.34. The van der Waals surface area contributed by atoms with Crippen molar-refractivity contribution in [1.82, 2.24) is 9.80 Å². The summed E-state index contributed by atoms with van der Waals surface area (Å²) in [6.07, 6.45) is 9.31. The van der Waals surface area contributed by atoms with Gasteiger partial charge in [0.05, 0.1) is 28.4 Å². The van der Waals surface area contributed by atoms with Crippen molar-refractivity contribution in [2.45, 2.75) is 65.5 Å². The summed E-state index contributed by atoms with van der Waals surface area (Å²) >= 11 is 0. The van der Waals surface area contributed by atoms with Crippen LogP contribution in [-0.4, -0.2) is 76.0 Å². The number of likely N-dealkylation sites (tertiary alicyclic amines) is 2. The summed E-state index contributed by atoms with van der Waals surface area (Å²) in [5.74, 6) is 4.30. The van der Waals surface area contributed by atoms with Crippen molar-refractivity contribution in [3.05, 3.63) is 130 Å². The molecule has 2 saturated heterocycles. The molecular weight excluding hydrogens is 713 g/mol. The predicted molar refractivity (Wildman–Crippen MR) is 229 cm³/mol. The minimum atomic E-state index is 0. The summed E-state index contributed by atoms with van der Waals surface area (Å²) in [5, 5.41) is 0. The first kappa shape index (κ1) is 41.7. The van der Waals surface area contributed by atoms with Gasteiger partial charge in [0.1, 0.15) is 0 Å². The number of fused-ring (bicyclic) bond motifs is 2. The zero-order chi connectivity index (χ0) is 39.0. The number of methoxy groups -OCH3 is 4. The molecule has 2 fully saturated rings. The highest BCUT2D eigenvalue weighted by Crippen LogP contribution is 2.40. The summed E-state index contributed by atoms with van der Waals surface area (Å²) in [4.78, 5) is 30.8. The van der Waals surface area contributed by atoms with Crippen LogP contribution in [0.1, 0.15) is 83.9 Å². The van der Waals surface area contributed by atoms with E-state index in [0.29, 0.717) is 41.3 Å². The number of hydrogen-bond acceptors (Lipinski definition) is 8. The topological polar surface area (TPSA) is 77.5 Å². The number of ether oxygens (including phenoxy) is 4. The Bertz CT molecular complexity index is 2000. The fraction of sp³-hybridized carbons (Fsp3) is 0.429. The second-order valence-electron chi connectivity index (χ2n) is 15.7. The average Bonchev–Trinajstić information content (AvgIpc) is 3.71. The Morgan fingerprint density at radius 2 is 1.11 bits per heavy atom. The highest BCUT2D eigenvalue weighted by atomic mass is 16.5. The molecule has 0 bridgehead atoms. The van der Waals surface area contributed by atoms with Gasteiger partial charge in [-0.2, -0.15) is 0 Å². The quantitative estimate of drug-likeness (QED) is 0.140. The molecule has 0 amide bonds. The first-order valence-electron chi connectivity index (χ1n) is 20.2. The minimum absolute atomic E-state index is 0. The van der Waals surface area contributed by atoms with Crippen LogP contribution < -0.4 is 18.9 Å². The Morgan fingerprint density at radius 3 is 1.63 bits per heavy atom. The Hall–Kier alpha value is -4.92. The van der Waals surface area contributed by atoms with Crippen LogP contribution in [0, 0.1) is 17.8 Å². The number of carbonyl (C=O) groups excluding carboxylic acids is 2. The average molecular weight is 776 g/mol. The molecule has 57 heavy (non-hydrogen) atoms. The van der Waals surface area contributed by atoms with Crippen LogP contribution in [-0.2, 0) is 25.9 Å². The van der Waals surface area contributed by atoms with Gasteiger partial charge in [-0.3, -0.25) is 19.4 Å². The molecule has 4 aliphatic rings. The normalized spacial score (nSPS) is 19.3. The number of rotatable bonds is 11. The van der Waals surface area contributed by atoms with Gasteiger partial charge in [0.2, 0.25) is 0 Å². The molecule has 0 spiro atoms. The first-order valence-corrected chi connectivity index (χ1v) is 20.2. The molecule has 1 atom stereocenters. The van der Waals surface area contributed by atoms with E-state index in [0.717, 1.165) is 92.8 Å². The number of Topliss-reactive ketones (excluding diaryl/α,β-unsaturated/α-hetero) is 2. The summed E-state index contributed by atoms with van der Waals surface area (Å²) in [5.41, 5.74) is 7.39. The van der Waals surface area contributed by atoms with E-state index in [1.54, 1.807) is 28.4 Å². The number of benzene rings is 4. The molecule has 4 aromatic rings. The van der Waals surface area contributed by atoms with Crippen LogP contribution in [0.15, 0.2) is 96.6 Å². The molecule has 0 aromatic heterocycles. The van der Waals surface area contributed by atoms with Crippen molar-refractivity contribution < 1.29 is 30.0 Å². The number of ketones is 2. The van der Waals surface area contributed by atoms with Crippen LogP contribution in [0.4, 0.5) is 0 Å². The van der Waals surface area contributed by atoms with Crippen molar-refractivity contribution in [3.63, 3.8) is 0 Å². The summed E-state index contributed by atoms with van der Waals surface area (Å²) < 4.78 is 21.5. The molecule has 2 aliphatic heterocycles.